The number of amides is 1. The predicted octanol–water partition coefficient (Wildman–Crippen LogP) is 1.86. The molecule has 1 atom stereocenters. The topological polar surface area (TPSA) is 64.3 Å². The van der Waals surface area contributed by atoms with Gasteiger partial charge in [0.05, 0.1) is 7.11 Å². The van der Waals surface area contributed by atoms with Crippen molar-refractivity contribution in [3.63, 3.8) is 0 Å². The molecule has 0 bridgehead atoms. The normalized spacial score (nSPS) is 15.2. The maximum atomic E-state index is 13.6. The van der Waals surface area contributed by atoms with E-state index in [0.29, 0.717) is 5.92 Å². The minimum Gasteiger partial charge on any atom is -0.493 e. The Bertz CT molecular complexity index is 496. The Labute approximate surface area is 122 Å². The van der Waals surface area contributed by atoms with Crippen LogP contribution in [0, 0.1) is 17.6 Å². The number of halogens is 3. The summed E-state index contributed by atoms with van der Waals surface area (Å²) < 4.78 is 31.8. The van der Waals surface area contributed by atoms with Crippen molar-refractivity contribution in [1.29, 1.82) is 0 Å². The van der Waals surface area contributed by atoms with E-state index in [9.17, 15) is 13.6 Å². The third kappa shape index (κ3) is 3.58. The number of nitrogens with one attached hydrogen (secondary N) is 1. The van der Waals surface area contributed by atoms with Gasteiger partial charge in [0.1, 0.15) is 11.4 Å². The van der Waals surface area contributed by atoms with Crippen molar-refractivity contribution < 1.29 is 18.3 Å². The number of benzene rings is 1. The van der Waals surface area contributed by atoms with Gasteiger partial charge in [-0.15, -0.1) is 12.4 Å². The van der Waals surface area contributed by atoms with Crippen LogP contribution in [0.15, 0.2) is 12.1 Å². The van der Waals surface area contributed by atoms with E-state index < -0.39 is 28.9 Å². The van der Waals surface area contributed by atoms with Gasteiger partial charge >= 0.3 is 0 Å². The number of carbonyl (C=O) groups excluding carboxylic acids is 1. The van der Waals surface area contributed by atoms with E-state index in [1.165, 1.54) is 7.11 Å². The Hall–Kier alpha value is -1.40. The molecule has 3 N–H and O–H groups in total. The van der Waals surface area contributed by atoms with Crippen molar-refractivity contribution in [3.05, 3.63) is 29.3 Å². The van der Waals surface area contributed by atoms with Gasteiger partial charge in [-0.05, 0) is 30.9 Å². The highest BCUT2D eigenvalue weighted by atomic mass is 35.5. The number of methoxy groups -OCH3 is 1. The third-order valence-corrected chi connectivity index (χ3v) is 3.22. The lowest BCUT2D eigenvalue weighted by Crippen LogP contribution is -2.39. The lowest BCUT2D eigenvalue weighted by Gasteiger charge is -2.14. The Morgan fingerprint density at radius 1 is 1.45 bits per heavy atom. The summed E-state index contributed by atoms with van der Waals surface area (Å²) in [6.45, 7) is 0.239. The van der Waals surface area contributed by atoms with E-state index in [2.05, 4.69) is 5.32 Å². The van der Waals surface area contributed by atoms with Gasteiger partial charge in [0.2, 0.25) is 0 Å². The average Bonchev–Trinajstić information content (AvgIpc) is 3.22. The third-order valence-electron chi connectivity index (χ3n) is 3.22. The summed E-state index contributed by atoms with van der Waals surface area (Å²) in [5.41, 5.74) is 5.40. The standard InChI is InChI=1S/C13H16F2N2O2.ClH/c1-19-12-9(15)5-4-8(14)11(12)13(18)17-6-10(16)7-2-3-7;/h4-5,7,10H,2-3,6,16H2,1H3,(H,17,18);1H. The van der Waals surface area contributed by atoms with Gasteiger partial charge in [0.25, 0.3) is 5.91 Å². The lowest BCUT2D eigenvalue weighted by atomic mass is 10.1. The van der Waals surface area contributed by atoms with Crippen LogP contribution in [-0.4, -0.2) is 25.6 Å². The summed E-state index contributed by atoms with van der Waals surface area (Å²) in [6.07, 6.45) is 2.10. The van der Waals surface area contributed by atoms with Crippen LogP contribution in [0.4, 0.5) is 8.78 Å². The maximum Gasteiger partial charge on any atom is 0.258 e. The number of hydrogen-bond donors (Lipinski definition) is 2. The van der Waals surface area contributed by atoms with Crippen molar-refractivity contribution in [2.75, 3.05) is 13.7 Å². The molecule has 0 radical (unpaired) electrons. The SMILES string of the molecule is COc1c(F)ccc(F)c1C(=O)NCC(N)C1CC1.Cl. The Balaban J connectivity index is 0.00000200. The van der Waals surface area contributed by atoms with Crippen molar-refractivity contribution in [2.24, 2.45) is 11.7 Å². The van der Waals surface area contributed by atoms with Gasteiger partial charge < -0.3 is 15.8 Å². The van der Waals surface area contributed by atoms with Crippen molar-refractivity contribution >= 4 is 18.3 Å². The summed E-state index contributed by atoms with van der Waals surface area (Å²) in [4.78, 5) is 11.9. The van der Waals surface area contributed by atoms with E-state index in [-0.39, 0.29) is 25.0 Å². The molecule has 1 aliphatic rings. The second kappa shape index (κ2) is 6.85. The van der Waals surface area contributed by atoms with E-state index >= 15 is 0 Å². The maximum absolute atomic E-state index is 13.6. The molecule has 1 aliphatic carbocycles. The molecule has 7 heteroatoms. The van der Waals surface area contributed by atoms with E-state index in [1.54, 1.807) is 0 Å². The molecule has 112 valence electrons. The van der Waals surface area contributed by atoms with E-state index in [0.717, 1.165) is 25.0 Å². The molecule has 0 aromatic heterocycles. The molecular formula is C13H17ClF2N2O2. The molecule has 4 nitrogen and oxygen atoms in total. The fraction of sp³-hybridized carbons (Fsp3) is 0.462. The van der Waals surface area contributed by atoms with E-state index in [1.807, 2.05) is 0 Å². The number of nitrogens with two attached hydrogens (primary N) is 1. The molecule has 0 aliphatic heterocycles. The van der Waals surface area contributed by atoms with Crippen molar-refractivity contribution in [1.82, 2.24) is 5.32 Å². The lowest BCUT2D eigenvalue weighted by molar-refractivity contribution is 0.0942. The zero-order chi connectivity index (χ0) is 14.0. The van der Waals surface area contributed by atoms with Crippen molar-refractivity contribution in [3.8, 4) is 5.75 Å². The first-order chi connectivity index (χ1) is 9.04. The quantitative estimate of drug-likeness (QED) is 0.873. The summed E-state index contributed by atoms with van der Waals surface area (Å²) in [5.74, 6) is -2.29. The predicted molar refractivity (Wildman–Crippen MR) is 73.2 cm³/mol. The molecule has 0 spiro atoms. The minimum absolute atomic E-state index is 0. The van der Waals surface area contributed by atoms with Crippen LogP contribution in [0.25, 0.3) is 0 Å². The number of ether oxygens (including phenoxy) is 1. The highest BCUT2D eigenvalue weighted by Crippen LogP contribution is 2.31. The number of carbonyl (C=O) groups is 1. The second-order valence-electron chi connectivity index (χ2n) is 4.65. The highest BCUT2D eigenvalue weighted by molar-refractivity contribution is 5.97. The highest BCUT2D eigenvalue weighted by Gasteiger charge is 2.29. The van der Waals surface area contributed by atoms with Crippen LogP contribution in [0.1, 0.15) is 23.2 Å². The first-order valence-electron chi connectivity index (χ1n) is 6.10. The Morgan fingerprint density at radius 2 is 2.05 bits per heavy atom. The molecule has 0 saturated heterocycles. The van der Waals surface area contributed by atoms with Gasteiger partial charge in [-0.25, -0.2) is 8.78 Å². The molecule has 1 saturated carbocycles. The van der Waals surface area contributed by atoms with Crippen molar-refractivity contribution in [2.45, 2.75) is 18.9 Å². The first-order valence-corrected chi connectivity index (χ1v) is 6.10. The zero-order valence-electron chi connectivity index (χ0n) is 11.0. The molecule has 2 rings (SSSR count). The Morgan fingerprint density at radius 3 is 2.60 bits per heavy atom. The van der Waals surface area contributed by atoms with Crippen LogP contribution in [-0.2, 0) is 0 Å². The Kier molecular flexibility index (Phi) is 5.71. The van der Waals surface area contributed by atoms with Gasteiger partial charge in [0.15, 0.2) is 11.6 Å². The first kappa shape index (κ1) is 16.7. The number of rotatable bonds is 5. The summed E-state index contributed by atoms with van der Waals surface area (Å²) in [7, 11) is 1.19. The molecule has 1 unspecified atom stereocenters. The molecule has 1 aromatic carbocycles. The van der Waals surface area contributed by atoms with Gasteiger partial charge in [-0.2, -0.15) is 0 Å². The molecule has 0 heterocycles. The van der Waals surface area contributed by atoms with Crippen LogP contribution < -0.4 is 15.8 Å². The smallest absolute Gasteiger partial charge is 0.258 e. The monoisotopic (exact) mass is 306 g/mol. The second-order valence-corrected chi connectivity index (χ2v) is 4.65. The number of hydrogen-bond acceptors (Lipinski definition) is 3. The zero-order valence-corrected chi connectivity index (χ0v) is 11.8. The summed E-state index contributed by atoms with van der Waals surface area (Å²) >= 11 is 0. The van der Waals surface area contributed by atoms with Crippen LogP contribution in [0.5, 0.6) is 5.75 Å². The molecule has 1 aromatic rings. The average molecular weight is 307 g/mol. The minimum atomic E-state index is -0.823. The fourth-order valence-corrected chi connectivity index (χ4v) is 1.93. The van der Waals surface area contributed by atoms with Crippen LogP contribution in [0.2, 0.25) is 0 Å². The van der Waals surface area contributed by atoms with Crippen LogP contribution in [0.3, 0.4) is 0 Å². The molecule has 1 amide bonds. The summed E-state index contributed by atoms with van der Waals surface area (Å²) in [5, 5.41) is 2.51. The van der Waals surface area contributed by atoms with Gasteiger partial charge in [-0.1, -0.05) is 0 Å². The molecular weight excluding hydrogens is 290 g/mol. The largest absolute Gasteiger partial charge is 0.493 e. The molecule has 20 heavy (non-hydrogen) atoms. The summed E-state index contributed by atoms with van der Waals surface area (Å²) in [6, 6.07) is 1.67. The van der Waals surface area contributed by atoms with E-state index in [4.69, 9.17) is 10.5 Å². The molecule has 1 fully saturated rings. The fourth-order valence-electron chi connectivity index (χ4n) is 1.93. The van der Waals surface area contributed by atoms with Gasteiger partial charge in [0, 0.05) is 12.6 Å². The van der Waals surface area contributed by atoms with Gasteiger partial charge in [-0.3, -0.25) is 4.79 Å². The van der Waals surface area contributed by atoms with Crippen LogP contribution >= 0.6 is 12.4 Å².